The molecule has 0 unspecified atom stereocenters. The number of nitrogens with one attached hydrogen (secondary N) is 1. The van der Waals surface area contributed by atoms with Crippen LogP contribution in [-0.2, 0) is 4.79 Å². The highest BCUT2D eigenvalue weighted by Gasteiger charge is 2.20. The molecular weight excluding hydrogens is 331 g/mol. The Morgan fingerprint density at radius 1 is 1.21 bits per heavy atom. The Morgan fingerprint density at radius 2 is 2.00 bits per heavy atom. The molecule has 0 aliphatic carbocycles. The highest BCUT2D eigenvalue weighted by Crippen LogP contribution is 2.22. The van der Waals surface area contributed by atoms with Gasteiger partial charge < -0.3 is 10.2 Å². The van der Waals surface area contributed by atoms with E-state index in [1.807, 2.05) is 18.2 Å². The van der Waals surface area contributed by atoms with Crippen molar-refractivity contribution >= 4 is 29.0 Å². The maximum Gasteiger partial charge on any atom is 0.238 e. The average Bonchev–Trinajstić information content (AvgIpc) is 2.59. The number of halogens is 2. The van der Waals surface area contributed by atoms with Gasteiger partial charge in [-0.1, -0.05) is 17.7 Å². The highest BCUT2D eigenvalue weighted by molar-refractivity contribution is 6.33. The number of aromatic nitrogens is 1. The van der Waals surface area contributed by atoms with Crippen molar-refractivity contribution in [1.82, 2.24) is 9.88 Å². The molecule has 0 bridgehead atoms. The van der Waals surface area contributed by atoms with Gasteiger partial charge in [0.05, 0.1) is 17.3 Å². The molecule has 2 heterocycles. The molecule has 1 fully saturated rings. The van der Waals surface area contributed by atoms with Crippen LogP contribution in [0.5, 0.6) is 0 Å². The fourth-order valence-electron chi connectivity index (χ4n) is 2.66. The smallest absolute Gasteiger partial charge is 0.238 e. The topological polar surface area (TPSA) is 48.5 Å². The number of carbonyl (C=O) groups is 1. The molecule has 0 atom stereocenters. The van der Waals surface area contributed by atoms with Gasteiger partial charge in [-0.25, -0.2) is 9.37 Å². The zero-order valence-electron chi connectivity index (χ0n) is 13.1. The number of anilines is 2. The van der Waals surface area contributed by atoms with E-state index in [-0.39, 0.29) is 17.5 Å². The fraction of sp³-hybridized carbons (Fsp3) is 0.294. The van der Waals surface area contributed by atoms with E-state index in [0.717, 1.165) is 32.0 Å². The molecule has 0 spiro atoms. The van der Waals surface area contributed by atoms with Gasteiger partial charge in [-0.3, -0.25) is 9.69 Å². The van der Waals surface area contributed by atoms with Gasteiger partial charge in [-0.15, -0.1) is 0 Å². The Kier molecular flexibility index (Phi) is 5.27. The van der Waals surface area contributed by atoms with Crippen molar-refractivity contribution in [3.8, 4) is 0 Å². The number of hydrogen-bond acceptors (Lipinski definition) is 4. The number of amides is 1. The van der Waals surface area contributed by atoms with Crippen LogP contribution in [0.3, 0.4) is 0 Å². The van der Waals surface area contributed by atoms with Crippen LogP contribution in [-0.4, -0.2) is 48.5 Å². The lowest BCUT2D eigenvalue weighted by Gasteiger charge is -2.34. The molecule has 1 aliphatic rings. The number of hydrogen-bond donors (Lipinski definition) is 1. The first-order valence-electron chi connectivity index (χ1n) is 7.75. The minimum absolute atomic E-state index is 0.158. The van der Waals surface area contributed by atoms with Crippen molar-refractivity contribution in [1.29, 1.82) is 0 Å². The van der Waals surface area contributed by atoms with Gasteiger partial charge in [0.15, 0.2) is 0 Å². The first-order valence-corrected chi connectivity index (χ1v) is 8.13. The number of nitrogens with zero attached hydrogens (tertiary/aromatic N) is 3. The Bertz CT molecular complexity index is 705. The van der Waals surface area contributed by atoms with Gasteiger partial charge in [0.1, 0.15) is 11.6 Å². The summed E-state index contributed by atoms with van der Waals surface area (Å²) < 4.78 is 13.0. The second kappa shape index (κ2) is 7.59. The molecule has 0 saturated carbocycles. The summed E-state index contributed by atoms with van der Waals surface area (Å²) in [7, 11) is 0. The van der Waals surface area contributed by atoms with Crippen molar-refractivity contribution in [2.45, 2.75) is 0 Å². The summed E-state index contributed by atoms with van der Waals surface area (Å²) in [5, 5.41) is 2.92. The lowest BCUT2D eigenvalue weighted by atomic mass is 10.3. The van der Waals surface area contributed by atoms with E-state index >= 15 is 0 Å². The SMILES string of the molecule is O=C(CN1CCN(c2ccccn2)CC1)Nc1ccc(F)cc1Cl. The van der Waals surface area contributed by atoms with Gasteiger partial charge >= 0.3 is 0 Å². The molecule has 126 valence electrons. The standard InChI is InChI=1S/C17H18ClFN4O/c18-14-11-13(19)4-5-15(14)21-17(24)12-22-7-9-23(10-8-22)16-3-1-2-6-20-16/h1-6,11H,7-10,12H2,(H,21,24). The van der Waals surface area contributed by atoms with Crippen molar-refractivity contribution in [3.05, 3.63) is 53.4 Å². The number of benzene rings is 1. The maximum atomic E-state index is 13.0. The minimum Gasteiger partial charge on any atom is -0.354 e. The first-order chi connectivity index (χ1) is 11.6. The minimum atomic E-state index is -0.427. The Labute approximate surface area is 145 Å². The van der Waals surface area contributed by atoms with Crippen molar-refractivity contribution in [2.24, 2.45) is 0 Å². The van der Waals surface area contributed by atoms with Gasteiger partial charge in [0.25, 0.3) is 0 Å². The van der Waals surface area contributed by atoms with Crippen LogP contribution in [0.1, 0.15) is 0 Å². The van der Waals surface area contributed by atoms with Crippen molar-refractivity contribution < 1.29 is 9.18 Å². The highest BCUT2D eigenvalue weighted by atomic mass is 35.5. The molecule has 1 amide bonds. The van der Waals surface area contributed by atoms with Crippen LogP contribution >= 0.6 is 11.6 Å². The van der Waals surface area contributed by atoms with Gasteiger partial charge in [0.2, 0.25) is 5.91 Å². The van der Waals surface area contributed by atoms with Crippen LogP contribution in [0, 0.1) is 5.82 Å². The molecule has 1 N–H and O–H groups in total. The van der Waals surface area contributed by atoms with E-state index in [0.29, 0.717) is 5.69 Å². The average molecular weight is 349 g/mol. The van der Waals surface area contributed by atoms with Crippen LogP contribution in [0.4, 0.5) is 15.9 Å². The third kappa shape index (κ3) is 4.21. The first kappa shape index (κ1) is 16.7. The van der Waals surface area contributed by atoms with Gasteiger partial charge in [0, 0.05) is 32.4 Å². The van der Waals surface area contributed by atoms with Crippen LogP contribution in [0.2, 0.25) is 5.02 Å². The third-order valence-electron chi connectivity index (χ3n) is 3.92. The number of pyridine rings is 1. The quantitative estimate of drug-likeness (QED) is 0.922. The number of carbonyl (C=O) groups excluding carboxylic acids is 1. The Hall–Kier alpha value is -2.18. The van der Waals surface area contributed by atoms with Gasteiger partial charge in [-0.05, 0) is 30.3 Å². The summed E-state index contributed by atoms with van der Waals surface area (Å²) in [4.78, 5) is 20.8. The predicted molar refractivity (Wildman–Crippen MR) is 92.9 cm³/mol. The zero-order chi connectivity index (χ0) is 16.9. The monoisotopic (exact) mass is 348 g/mol. The van der Waals surface area contributed by atoms with Crippen LogP contribution < -0.4 is 10.2 Å². The summed E-state index contributed by atoms with van der Waals surface area (Å²) >= 11 is 5.92. The molecule has 7 heteroatoms. The zero-order valence-corrected chi connectivity index (χ0v) is 13.8. The molecule has 5 nitrogen and oxygen atoms in total. The van der Waals surface area contributed by atoms with Crippen LogP contribution in [0.15, 0.2) is 42.6 Å². The second-order valence-electron chi connectivity index (χ2n) is 5.62. The van der Waals surface area contributed by atoms with E-state index in [4.69, 9.17) is 11.6 Å². The molecule has 1 aromatic carbocycles. The van der Waals surface area contributed by atoms with Crippen LogP contribution in [0.25, 0.3) is 0 Å². The van der Waals surface area contributed by atoms with E-state index in [1.54, 1.807) is 6.20 Å². The Balaban J connectivity index is 1.50. The second-order valence-corrected chi connectivity index (χ2v) is 6.03. The molecule has 1 aliphatic heterocycles. The normalized spacial score (nSPS) is 15.3. The maximum absolute atomic E-state index is 13.0. The van der Waals surface area contributed by atoms with Crippen molar-refractivity contribution in [3.63, 3.8) is 0 Å². The lowest BCUT2D eigenvalue weighted by molar-refractivity contribution is -0.117. The van der Waals surface area contributed by atoms with E-state index in [1.165, 1.54) is 18.2 Å². The fourth-order valence-corrected chi connectivity index (χ4v) is 2.87. The lowest BCUT2D eigenvalue weighted by Crippen LogP contribution is -2.48. The van der Waals surface area contributed by atoms with E-state index in [2.05, 4.69) is 20.1 Å². The molecule has 1 aromatic heterocycles. The molecule has 0 radical (unpaired) electrons. The summed E-state index contributed by atoms with van der Waals surface area (Å²) in [6.45, 7) is 3.48. The largest absolute Gasteiger partial charge is 0.354 e. The Morgan fingerprint density at radius 3 is 2.67 bits per heavy atom. The van der Waals surface area contributed by atoms with Gasteiger partial charge in [-0.2, -0.15) is 0 Å². The molecule has 1 saturated heterocycles. The number of piperazine rings is 1. The van der Waals surface area contributed by atoms with Crippen molar-refractivity contribution in [2.75, 3.05) is 42.9 Å². The summed E-state index contributed by atoms with van der Waals surface area (Å²) in [5.41, 5.74) is 0.426. The molecule has 24 heavy (non-hydrogen) atoms. The summed E-state index contributed by atoms with van der Waals surface area (Å²) in [5.74, 6) is 0.373. The predicted octanol–water partition coefficient (Wildman–Crippen LogP) is 2.63. The summed E-state index contributed by atoms with van der Waals surface area (Å²) in [6.07, 6.45) is 1.78. The van der Waals surface area contributed by atoms with E-state index in [9.17, 15) is 9.18 Å². The number of rotatable bonds is 4. The molecule has 2 aromatic rings. The third-order valence-corrected chi connectivity index (χ3v) is 4.23. The summed E-state index contributed by atoms with van der Waals surface area (Å²) in [6, 6.07) is 9.77. The van der Waals surface area contributed by atoms with E-state index < -0.39 is 5.82 Å². The molecule has 3 rings (SSSR count). The molecular formula is C17H18ClFN4O.